The second-order valence-corrected chi connectivity index (χ2v) is 7.83. The van der Waals surface area contributed by atoms with E-state index in [0.29, 0.717) is 19.6 Å². The van der Waals surface area contributed by atoms with Gasteiger partial charge in [0.2, 0.25) is 0 Å². The first-order chi connectivity index (χ1) is 12.5. The number of aryl methyl sites for hydroxylation is 2. The number of benzene rings is 1. The highest BCUT2D eigenvalue weighted by Crippen LogP contribution is 2.29. The summed E-state index contributed by atoms with van der Waals surface area (Å²) in [7, 11) is 0. The zero-order valence-corrected chi connectivity index (χ0v) is 16.4. The Morgan fingerprint density at radius 1 is 1.38 bits per heavy atom. The first-order valence-corrected chi connectivity index (χ1v) is 9.72. The fourth-order valence-electron chi connectivity index (χ4n) is 3.24. The molecule has 0 unspecified atom stereocenters. The smallest absolute Gasteiger partial charge is 0.254 e. The topological polar surface area (TPSA) is 59.2 Å². The number of carbonyl (C=O) groups is 1. The van der Waals surface area contributed by atoms with Crippen LogP contribution in [-0.2, 0) is 13.0 Å². The molecule has 2 aromatic rings. The second-order valence-electron chi connectivity index (χ2n) is 6.54. The molecule has 1 aromatic carbocycles. The maximum atomic E-state index is 13.1. The van der Waals surface area contributed by atoms with Gasteiger partial charge >= 0.3 is 0 Å². The summed E-state index contributed by atoms with van der Waals surface area (Å²) in [6, 6.07) is 5.79. The third kappa shape index (κ3) is 3.79. The summed E-state index contributed by atoms with van der Waals surface area (Å²) < 4.78 is 0. The minimum atomic E-state index is 0.0647. The molecule has 0 fully saturated rings. The van der Waals surface area contributed by atoms with Crippen LogP contribution in [0.2, 0.25) is 0 Å². The molecule has 136 valence electrons. The van der Waals surface area contributed by atoms with Crippen molar-refractivity contribution in [2.75, 3.05) is 13.1 Å². The van der Waals surface area contributed by atoms with Gasteiger partial charge in [0.1, 0.15) is 0 Å². The maximum Gasteiger partial charge on any atom is 0.254 e. The highest BCUT2D eigenvalue weighted by molar-refractivity contribution is 7.11. The number of amides is 1. The van der Waals surface area contributed by atoms with Crippen LogP contribution in [-0.4, -0.2) is 28.9 Å². The van der Waals surface area contributed by atoms with Crippen LogP contribution < -0.4 is 5.73 Å². The number of allylic oxidation sites excluding steroid dienone is 3. The summed E-state index contributed by atoms with van der Waals surface area (Å²) in [5.74, 6) is 0.0647. The Morgan fingerprint density at radius 3 is 2.88 bits per heavy atom. The van der Waals surface area contributed by atoms with Crippen molar-refractivity contribution in [3.05, 3.63) is 68.7 Å². The molecule has 0 saturated carbocycles. The normalized spacial score (nSPS) is 16.2. The number of carbonyl (C=O) groups excluding carboxylic acids is 1. The first kappa shape index (κ1) is 18.5. The van der Waals surface area contributed by atoms with Crippen molar-refractivity contribution in [1.29, 1.82) is 0 Å². The van der Waals surface area contributed by atoms with Crippen molar-refractivity contribution in [1.82, 2.24) is 9.88 Å². The van der Waals surface area contributed by atoms with Crippen molar-refractivity contribution in [3.8, 4) is 0 Å². The van der Waals surface area contributed by atoms with Crippen molar-refractivity contribution >= 4 is 22.8 Å². The Hall–Kier alpha value is -2.24. The lowest BCUT2D eigenvalue weighted by atomic mass is 10.0. The molecule has 3 rings (SSSR count). The summed E-state index contributed by atoms with van der Waals surface area (Å²) in [5, 5.41) is 1.08. The van der Waals surface area contributed by atoms with Crippen LogP contribution in [0.1, 0.15) is 44.0 Å². The summed E-state index contributed by atoms with van der Waals surface area (Å²) in [6.45, 7) is 7.81. The standard InChI is InChI=1S/C21H25N3OS/c1-4-5-6-18-13-24(10-9-19-20(18)23-15(3)26-19)21(25)16-7-8-17(12-22)14(2)11-16/h4-8,11H,9-10,12-13,22H2,1-3H3/b5-4-,18-6+. The van der Waals surface area contributed by atoms with Crippen molar-refractivity contribution in [2.45, 2.75) is 33.7 Å². The number of rotatable bonds is 3. The molecule has 0 bridgehead atoms. The Morgan fingerprint density at radius 2 is 2.19 bits per heavy atom. The number of nitrogens with zero attached hydrogens (tertiary/aromatic N) is 2. The van der Waals surface area contributed by atoms with E-state index in [1.165, 1.54) is 4.88 Å². The molecule has 5 heteroatoms. The molecule has 2 N–H and O–H groups in total. The molecule has 0 radical (unpaired) electrons. The summed E-state index contributed by atoms with van der Waals surface area (Å²) in [4.78, 5) is 21.0. The van der Waals surface area contributed by atoms with Gasteiger partial charge in [-0.25, -0.2) is 4.98 Å². The van der Waals surface area contributed by atoms with E-state index in [-0.39, 0.29) is 5.91 Å². The Labute approximate surface area is 159 Å². The summed E-state index contributed by atoms with van der Waals surface area (Å²) in [5.41, 5.74) is 10.8. The number of fused-ring (bicyclic) bond motifs is 1. The summed E-state index contributed by atoms with van der Waals surface area (Å²) in [6.07, 6.45) is 6.94. The number of hydrogen-bond donors (Lipinski definition) is 1. The number of hydrogen-bond acceptors (Lipinski definition) is 4. The van der Waals surface area contributed by atoms with Gasteiger partial charge in [-0.2, -0.15) is 0 Å². The summed E-state index contributed by atoms with van der Waals surface area (Å²) >= 11 is 1.73. The van der Waals surface area contributed by atoms with E-state index in [0.717, 1.165) is 39.4 Å². The van der Waals surface area contributed by atoms with Gasteiger partial charge in [-0.15, -0.1) is 11.3 Å². The zero-order valence-electron chi connectivity index (χ0n) is 15.6. The minimum Gasteiger partial charge on any atom is -0.334 e. The molecule has 0 spiro atoms. The van der Waals surface area contributed by atoms with Crippen LogP contribution in [0, 0.1) is 13.8 Å². The van der Waals surface area contributed by atoms with Crippen molar-refractivity contribution in [3.63, 3.8) is 0 Å². The monoisotopic (exact) mass is 367 g/mol. The van der Waals surface area contributed by atoms with Gasteiger partial charge < -0.3 is 10.6 Å². The largest absolute Gasteiger partial charge is 0.334 e. The van der Waals surface area contributed by atoms with Crippen LogP contribution in [0.15, 0.2) is 36.4 Å². The highest BCUT2D eigenvalue weighted by Gasteiger charge is 2.25. The van der Waals surface area contributed by atoms with E-state index in [2.05, 4.69) is 6.08 Å². The molecule has 1 aliphatic heterocycles. The first-order valence-electron chi connectivity index (χ1n) is 8.91. The van der Waals surface area contributed by atoms with Gasteiger partial charge in [-0.3, -0.25) is 4.79 Å². The molecule has 1 aliphatic rings. The van der Waals surface area contributed by atoms with Gasteiger partial charge in [0.25, 0.3) is 5.91 Å². The van der Waals surface area contributed by atoms with E-state index >= 15 is 0 Å². The quantitative estimate of drug-likeness (QED) is 0.896. The van der Waals surface area contributed by atoms with Crippen molar-refractivity contribution in [2.24, 2.45) is 5.73 Å². The van der Waals surface area contributed by atoms with E-state index in [4.69, 9.17) is 10.7 Å². The van der Waals surface area contributed by atoms with Gasteiger partial charge in [0.15, 0.2) is 0 Å². The molecule has 0 aliphatic carbocycles. The molecule has 0 saturated heterocycles. The molecule has 26 heavy (non-hydrogen) atoms. The molecule has 1 amide bonds. The lowest BCUT2D eigenvalue weighted by molar-refractivity contribution is 0.0780. The van der Waals surface area contributed by atoms with E-state index in [1.54, 1.807) is 11.3 Å². The van der Waals surface area contributed by atoms with E-state index < -0.39 is 0 Å². The van der Waals surface area contributed by atoms with Gasteiger partial charge in [0, 0.05) is 36.5 Å². The molecule has 4 nitrogen and oxygen atoms in total. The van der Waals surface area contributed by atoms with Gasteiger partial charge in [-0.1, -0.05) is 24.3 Å². The predicted molar refractivity (Wildman–Crippen MR) is 108 cm³/mol. The van der Waals surface area contributed by atoms with E-state index in [1.807, 2.05) is 56.0 Å². The molecular formula is C21H25N3OS. The third-order valence-electron chi connectivity index (χ3n) is 4.66. The Balaban J connectivity index is 1.90. The third-order valence-corrected chi connectivity index (χ3v) is 5.70. The van der Waals surface area contributed by atoms with Gasteiger partial charge in [0.05, 0.1) is 10.7 Å². The fraction of sp³-hybridized carbons (Fsp3) is 0.333. The lowest BCUT2D eigenvalue weighted by Gasteiger charge is -2.22. The average Bonchev–Trinajstić information content (AvgIpc) is 2.92. The maximum absolute atomic E-state index is 13.1. The highest BCUT2D eigenvalue weighted by atomic mass is 32.1. The van der Waals surface area contributed by atoms with Crippen LogP contribution in [0.3, 0.4) is 0 Å². The Bertz CT molecular complexity index is 879. The molecule has 0 atom stereocenters. The van der Waals surface area contributed by atoms with Crippen LogP contribution >= 0.6 is 11.3 Å². The van der Waals surface area contributed by atoms with Crippen molar-refractivity contribution < 1.29 is 4.79 Å². The number of aromatic nitrogens is 1. The minimum absolute atomic E-state index is 0.0647. The molecule has 1 aromatic heterocycles. The van der Waals surface area contributed by atoms with Crippen LogP contribution in [0.5, 0.6) is 0 Å². The number of nitrogens with two attached hydrogens (primary N) is 1. The Kier molecular flexibility index (Phi) is 5.69. The second kappa shape index (κ2) is 7.98. The molecular weight excluding hydrogens is 342 g/mol. The molecule has 2 heterocycles. The lowest BCUT2D eigenvalue weighted by Crippen LogP contribution is -2.33. The SMILES string of the molecule is C/C=C\C=C1/CN(C(=O)c2ccc(CN)c(C)c2)CCc2sc(C)nc21. The van der Waals surface area contributed by atoms with E-state index in [9.17, 15) is 4.79 Å². The predicted octanol–water partition coefficient (Wildman–Crippen LogP) is 3.88. The number of thiazole rings is 1. The zero-order chi connectivity index (χ0) is 18.7. The van der Waals surface area contributed by atoms with Crippen LogP contribution in [0.25, 0.3) is 5.57 Å². The fourth-order valence-corrected chi connectivity index (χ4v) is 4.20. The van der Waals surface area contributed by atoms with Gasteiger partial charge in [-0.05, 0) is 49.6 Å². The average molecular weight is 368 g/mol. The van der Waals surface area contributed by atoms with Crippen LogP contribution in [0.4, 0.5) is 0 Å².